The van der Waals surface area contributed by atoms with Crippen LogP contribution < -0.4 is 5.73 Å². The highest BCUT2D eigenvalue weighted by atomic mass is 79.9. The molecule has 0 atom stereocenters. The number of nitrogens with zero attached hydrogens (tertiary/aromatic N) is 2. The van der Waals surface area contributed by atoms with Gasteiger partial charge in [-0.25, -0.2) is 0 Å². The second-order valence-corrected chi connectivity index (χ2v) is 5.68. The lowest BCUT2D eigenvalue weighted by molar-refractivity contribution is 0.319. The number of pyridine rings is 1. The van der Waals surface area contributed by atoms with Crippen molar-refractivity contribution >= 4 is 21.8 Å². The van der Waals surface area contributed by atoms with E-state index >= 15 is 0 Å². The molecule has 0 fully saturated rings. The summed E-state index contributed by atoms with van der Waals surface area (Å²) in [6.45, 7) is 1.66. The molecular formula is C15H17BrN4. The van der Waals surface area contributed by atoms with E-state index < -0.39 is 0 Å². The van der Waals surface area contributed by atoms with Gasteiger partial charge in [0.1, 0.15) is 11.5 Å². The minimum absolute atomic E-state index is 0.00223. The second kappa shape index (κ2) is 6.63. The number of hydrogen-bond acceptors (Lipinski definition) is 3. The first kappa shape index (κ1) is 14.7. The molecule has 5 heteroatoms. The molecule has 0 aliphatic heterocycles. The molecule has 0 radical (unpaired) electrons. The summed E-state index contributed by atoms with van der Waals surface area (Å²) >= 11 is 3.43. The van der Waals surface area contributed by atoms with Crippen LogP contribution in [0.15, 0.2) is 47.1 Å². The van der Waals surface area contributed by atoms with Gasteiger partial charge in [-0.2, -0.15) is 0 Å². The zero-order valence-electron chi connectivity index (χ0n) is 11.3. The van der Waals surface area contributed by atoms with Crippen molar-refractivity contribution in [2.75, 3.05) is 7.05 Å². The summed E-state index contributed by atoms with van der Waals surface area (Å²) in [6.07, 6.45) is 1.69. The molecule has 104 valence electrons. The van der Waals surface area contributed by atoms with Crippen molar-refractivity contribution in [1.82, 2.24) is 9.88 Å². The van der Waals surface area contributed by atoms with Gasteiger partial charge in [-0.3, -0.25) is 15.3 Å². The minimum atomic E-state index is 0.00223. The van der Waals surface area contributed by atoms with E-state index in [-0.39, 0.29) is 5.84 Å². The zero-order chi connectivity index (χ0) is 14.5. The van der Waals surface area contributed by atoms with Crippen LogP contribution in [0, 0.1) is 5.41 Å². The summed E-state index contributed by atoms with van der Waals surface area (Å²) in [4.78, 5) is 6.28. The van der Waals surface area contributed by atoms with Crippen LogP contribution in [-0.4, -0.2) is 22.8 Å². The summed E-state index contributed by atoms with van der Waals surface area (Å²) in [5.74, 6) is 0.00223. The normalized spacial score (nSPS) is 10.8. The Kier molecular flexibility index (Phi) is 4.87. The standard InChI is InChI=1S/C15H17BrN4/c1-20(9-11-2-4-13(16)5-3-11)10-12-6-7-19-14(8-12)15(17)18/h2-8H,9-10H2,1H3,(H3,17,18). The second-order valence-electron chi connectivity index (χ2n) is 4.76. The van der Waals surface area contributed by atoms with Crippen molar-refractivity contribution in [3.8, 4) is 0 Å². The lowest BCUT2D eigenvalue weighted by Gasteiger charge is -2.17. The molecule has 20 heavy (non-hydrogen) atoms. The molecule has 0 saturated heterocycles. The average molecular weight is 333 g/mol. The van der Waals surface area contributed by atoms with E-state index in [1.807, 2.05) is 24.3 Å². The maximum atomic E-state index is 7.41. The topological polar surface area (TPSA) is 66.0 Å². The molecule has 0 amide bonds. The molecule has 0 spiro atoms. The molecule has 0 unspecified atom stereocenters. The van der Waals surface area contributed by atoms with E-state index in [2.05, 4.69) is 45.0 Å². The molecule has 2 aromatic rings. The zero-order valence-corrected chi connectivity index (χ0v) is 12.9. The maximum Gasteiger partial charge on any atom is 0.141 e. The van der Waals surface area contributed by atoms with Gasteiger partial charge in [-0.15, -0.1) is 0 Å². The van der Waals surface area contributed by atoms with Gasteiger partial charge in [0.15, 0.2) is 0 Å². The lowest BCUT2D eigenvalue weighted by Crippen LogP contribution is -2.18. The Morgan fingerprint density at radius 2 is 1.85 bits per heavy atom. The summed E-state index contributed by atoms with van der Waals surface area (Å²) in [7, 11) is 2.07. The van der Waals surface area contributed by atoms with Gasteiger partial charge in [0.05, 0.1) is 0 Å². The number of aromatic nitrogens is 1. The number of halogens is 1. The number of amidine groups is 1. The first-order valence-electron chi connectivity index (χ1n) is 6.27. The summed E-state index contributed by atoms with van der Waals surface area (Å²) < 4.78 is 1.09. The smallest absolute Gasteiger partial charge is 0.141 e. The van der Waals surface area contributed by atoms with Crippen molar-refractivity contribution in [2.45, 2.75) is 13.1 Å². The Morgan fingerprint density at radius 3 is 2.50 bits per heavy atom. The van der Waals surface area contributed by atoms with Gasteiger partial charge in [0.2, 0.25) is 0 Å². The number of nitrogens with one attached hydrogen (secondary N) is 1. The van der Waals surface area contributed by atoms with Crippen LogP contribution in [0.1, 0.15) is 16.8 Å². The predicted octanol–water partition coefficient (Wildman–Crippen LogP) is 2.76. The number of nitrogen functional groups attached to an aromatic ring is 1. The molecule has 1 aromatic carbocycles. The number of nitrogens with two attached hydrogens (primary N) is 1. The predicted molar refractivity (Wildman–Crippen MR) is 84.6 cm³/mol. The lowest BCUT2D eigenvalue weighted by atomic mass is 10.2. The number of rotatable bonds is 5. The van der Waals surface area contributed by atoms with E-state index in [4.69, 9.17) is 11.1 Å². The van der Waals surface area contributed by atoms with Crippen molar-refractivity contribution in [3.63, 3.8) is 0 Å². The van der Waals surface area contributed by atoms with E-state index in [1.54, 1.807) is 6.20 Å². The van der Waals surface area contributed by atoms with Crippen LogP contribution in [0.4, 0.5) is 0 Å². The first-order chi connectivity index (χ1) is 9.54. The van der Waals surface area contributed by atoms with Gasteiger partial charge in [-0.1, -0.05) is 28.1 Å². The van der Waals surface area contributed by atoms with E-state index in [0.717, 1.165) is 23.1 Å². The fourth-order valence-corrected chi connectivity index (χ4v) is 2.25. The minimum Gasteiger partial charge on any atom is -0.382 e. The maximum absolute atomic E-state index is 7.41. The van der Waals surface area contributed by atoms with E-state index in [9.17, 15) is 0 Å². The Bertz CT molecular complexity index is 595. The molecule has 1 heterocycles. The van der Waals surface area contributed by atoms with E-state index in [1.165, 1.54) is 5.56 Å². The Morgan fingerprint density at radius 1 is 1.20 bits per heavy atom. The fraction of sp³-hybridized carbons (Fsp3) is 0.200. The highest BCUT2D eigenvalue weighted by Crippen LogP contribution is 2.13. The van der Waals surface area contributed by atoms with Crippen LogP contribution in [0.3, 0.4) is 0 Å². The number of hydrogen-bond donors (Lipinski definition) is 2. The third-order valence-electron chi connectivity index (χ3n) is 2.92. The molecule has 0 aliphatic carbocycles. The Hall–Kier alpha value is -1.72. The Balaban J connectivity index is 2.00. The van der Waals surface area contributed by atoms with Gasteiger partial charge in [0, 0.05) is 23.8 Å². The van der Waals surface area contributed by atoms with Crippen LogP contribution >= 0.6 is 15.9 Å². The van der Waals surface area contributed by atoms with E-state index in [0.29, 0.717) is 5.69 Å². The largest absolute Gasteiger partial charge is 0.382 e. The van der Waals surface area contributed by atoms with Gasteiger partial charge >= 0.3 is 0 Å². The molecule has 2 rings (SSSR count). The van der Waals surface area contributed by atoms with Crippen molar-refractivity contribution in [1.29, 1.82) is 5.41 Å². The third-order valence-corrected chi connectivity index (χ3v) is 3.45. The Labute approximate surface area is 127 Å². The van der Waals surface area contributed by atoms with Crippen molar-refractivity contribution in [2.24, 2.45) is 5.73 Å². The third kappa shape index (κ3) is 4.15. The molecule has 0 aliphatic rings. The van der Waals surface area contributed by atoms with Gasteiger partial charge < -0.3 is 5.73 Å². The summed E-state index contributed by atoms with van der Waals surface area (Å²) in [6, 6.07) is 12.1. The monoisotopic (exact) mass is 332 g/mol. The molecule has 3 N–H and O–H groups in total. The molecule has 0 bridgehead atoms. The highest BCUT2D eigenvalue weighted by Gasteiger charge is 2.04. The van der Waals surface area contributed by atoms with Crippen LogP contribution in [0.5, 0.6) is 0 Å². The first-order valence-corrected chi connectivity index (χ1v) is 7.06. The average Bonchev–Trinajstić information content (AvgIpc) is 2.41. The quantitative estimate of drug-likeness (QED) is 0.653. The highest BCUT2D eigenvalue weighted by molar-refractivity contribution is 9.10. The van der Waals surface area contributed by atoms with Crippen LogP contribution in [0.25, 0.3) is 0 Å². The van der Waals surface area contributed by atoms with Gasteiger partial charge in [0.25, 0.3) is 0 Å². The number of benzene rings is 1. The van der Waals surface area contributed by atoms with Crippen molar-refractivity contribution < 1.29 is 0 Å². The summed E-state index contributed by atoms with van der Waals surface area (Å²) in [5, 5.41) is 7.41. The van der Waals surface area contributed by atoms with Crippen LogP contribution in [-0.2, 0) is 13.1 Å². The molecule has 1 aromatic heterocycles. The van der Waals surface area contributed by atoms with Crippen LogP contribution in [0.2, 0.25) is 0 Å². The SMILES string of the molecule is CN(Cc1ccc(Br)cc1)Cc1ccnc(C(=N)N)c1. The fourth-order valence-electron chi connectivity index (χ4n) is 1.99. The summed E-state index contributed by atoms with van der Waals surface area (Å²) in [5.41, 5.74) is 8.34. The molecular weight excluding hydrogens is 316 g/mol. The molecule has 0 saturated carbocycles. The molecule has 4 nitrogen and oxygen atoms in total. The van der Waals surface area contributed by atoms with Gasteiger partial charge in [-0.05, 0) is 42.4 Å². The van der Waals surface area contributed by atoms with Crippen molar-refractivity contribution in [3.05, 3.63) is 63.9 Å².